The molecule has 3 aromatic rings. The second-order valence-electron chi connectivity index (χ2n) is 6.67. The van der Waals surface area contributed by atoms with Gasteiger partial charge >= 0.3 is 0 Å². The SMILES string of the molecule is Cn1cccc(C(=O)Nc2ccc3c4c(c(=O)[nH]c3c2)CCCC4)c1=O. The number of aromatic nitrogens is 2. The van der Waals surface area contributed by atoms with Crippen molar-refractivity contribution < 1.29 is 4.79 Å². The molecule has 6 nitrogen and oxygen atoms in total. The number of amides is 1. The Labute approximate surface area is 149 Å². The third kappa shape index (κ3) is 2.73. The molecular weight excluding hydrogens is 330 g/mol. The molecule has 6 heteroatoms. The molecule has 0 unspecified atom stereocenters. The van der Waals surface area contributed by atoms with E-state index in [1.807, 2.05) is 6.07 Å². The van der Waals surface area contributed by atoms with Crippen molar-refractivity contribution in [2.24, 2.45) is 7.05 Å². The van der Waals surface area contributed by atoms with Crippen LogP contribution in [0.5, 0.6) is 0 Å². The van der Waals surface area contributed by atoms with Crippen molar-refractivity contribution in [3.8, 4) is 0 Å². The molecule has 2 aromatic heterocycles. The average molecular weight is 349 g/mol. The van der Waals surface area contributed by atoms with Crippen LogP contribution in [0.15, 0.2) is 46.1 Å². The summed E-state index contributed by atoms with van der Waals surface area (Å²) >= 11 is 0. The van der Waals surface area contributed by atoms with E-state index in [2.05, 4.69) is 10.3 Å². The van der Waals surface area contributed by atoms with E-state index in [1.165, 1.54) is 10.6 Å². The number of H-pyrrole nitrogens is 1. The Kier molecular flexibility index (Phi) is 3.95. The first-order chi connectivity index (χ1) is 12.5. The van der Waals surface area contributed by atoms with E-state index in [1.54, 1.807) is 31.4 Å². The van der Waals surface area contributed by atoms with Gasteiger partial charge in [-0.15, -0.1) is 0 Å². The summed E-state index contributed by atoms with van der Waals surface area (Å²) in [7, 11) is 1.60. The molecule has 132 valence electrons. The quantitative estimate of drug-likeness (QED) is 0.745. The summed E-state index contributed by atoms with van der Waals surface area (Å²) in [4.78, 5) is 39.7. The fourth-order valence-corrected chi connectivity index (χ4v) is 3.61. The molecule has 0 fully saturated rings. The maximum Gasteiger partial charge on any atom is 0.263 e. The molecule has 0 spiro atoms. The molecule has 1 aliphatic carbocycles. The highest BCUT2D eigenvalue weighted by Crippen LogP contribution is 2.27. The predicted molar refractivity (Wildman–Crippen MR) is 101 cm³/mol. The minimum Gasteiger partial charge on any atom is -0.322 e. The lowest BCUT2D eigenvalue weighted by atomic mass is 9.90. The number of benzene rings is 1. The first-order valence-corrected chi connectivity index (χ1v) is 8.69. The Bertz CT molecular complexity index is 1140. The Hall–Kier alpha value is -3.15. The molecule has 0 radical (unpaired) electrons. The number of fused-ring (bicyclic) bond motifs is 3. The number of carbonyl (C=O) groups excluding carboxylic acids is 1. The van der Waals surface area contributed by atoms with Gasteiger partial charge in [-0.3, -0.25) is 14.4 Å². The van der Waals surface area contributed by atoms with Crippen LogP contribution in [0.4, 0.5) is 5.69 Å². The van der Waals surface area contributed by atoms with Gasteiger partial charge in [0.25, 0.3) is 17.0 Å². The molecule has 0 aliphatic heterocycles. The van der Waals surface area contributed by atoms with Crippen molar-refractivity contribution in [3.05, 3.63) is 73.9 Å². The maximum absolute atomic E-state index is 12.4. The summed E-state index contributed by atoms with van der Waals surface area (Å²) in [6, 6.07) is 8.63. The molecule has 0 saturated heterocycles. The Balaban J connectivity index is 1.72. The molecule has 0 bridgehead atoms. The van der Waals surface area contributed by atoms with Crippen molar-refractivity contribution >= 4 is 22.5 Å². The van der Waals surface area contributed by atoms with E-state index >= 15 is 0 Å². The number of hydrogen-bond acceptors (Lipinski definition) is 3. The van der Waals surface area contributed by atoms with Crippen LogP contribution in [-0.2, 0) is 19.9 Å². The zero-order valence-electron chi connectivity index (χ0n) is 14.5. The normalized spacial score (nSPS) is 13.4. The fraction of sp³-hybridized carbons (Fsp3) is 0.250. The van der Waals surface area contributed by atoms with Crippen molar-refractivity contribution in [2.45, 2.75) is 25.7 Å². The molecule has 1 amide bonds. The zero-order valence-corrected chi connectivity index (χ0v) is 14.5. The highest BCUT2D eigenvalue weighted by Gasteiger charge is 2.17. The van der Waals surface area contributed by atoms with E-state index in [0.29, 0.717) is 11.2 Å². The van der Waals surface area contributed by atoms with E-state index in [-0.39, 0.29) is 16.7 Å². The third-order valence-corrected chi connectivity index (χ3v) is 4.96. The smallest absolute Gasteiger partial charge is 0.263 e. The van der Waals surface area contributed by atoms with Gasteiger partial charge in [-0.05, 0) is 55.5 Å². The molecule has 2 heterocycles. The Morgan fingerprint density at radius 1 is 1.12 bits per heavy atom. The van der Waals surface area contributed by atoms with Crippen LogP contribution in [-0.4, -0.2) is 15.5 Å². The first-order valence-electron chi connectivity index (χ1n) is 8.69. The molecule has 1 aliphatic rings. The van der Waals surface area contributed by atoms with Crippen LogP contribution in [0.2, 0.25) is 0 Å². The van der Waals surface area contributed by atoms with Gasteiger partial charge in [0.15, 0.2) is 0 Å². The molecule has 0 atom stereocenters. The molecular formula is C20H19N3O3. The van der Waals surface area contributed by atoms with Crippen molar-refractivity contribution in [3.63, 3.8) is 0 Å². The van der Waals surface area contributed by atoms with Crippen molar-refractivity contribution in [1.82, 2.24) is 9.55 Å². The molecule has 1 aromatic carbocycles. The highest BCUT2D eigenvalue weighted by atomic mass is 16.2. The summed E-state index contributed by atoms with van der Waals surface area (Å²) in [5, 5.41) is 3.76. The number of pyridine rings is 2. The number of carbonyl (C=O) groups is 1. The van der Waals surface area contributed by atoms with Gasteiger partial charge in [-0.2, -0.15) is 0 Å². The lowest BCUT2D eigenvalue weighted by Gasteiger charge is -2.17. The maximum atomic E-state index is 12.4. The Morgan fingerprint density at radius 2 is 1.88 bits per heavy atom. The van der Waals surface area contributed by atoms with Gasteiger partial charge in [-0.1, -0.05) is 6.07 Å². The van der Waals surface area contributed by atoms with Crippen molar-refractivity contribution in [1.29, 1.82) is 0 Å². The van der Waals surface area contributed by atoms with Gasteiger partial charge in [0.2, 0.25) is 0 Å². The van der Waals surface area contributed by atoms with Gasteiger partial charge in [-0.25, -0.2) is 0 Å². The van der Waals surface area contributed by atoms with Crippen LogP contribution in [0.3, 0.4) is 0 Å². The number of hydrogen-bond donors (Lipinski definition) is 2. The summed E-state index contributed by atoms with van der Waals surface area (Å²) in [5.41, 5.74) is 2.92. The van der Waals surface area contributed by atoms with Gasteiger partial charge in [0.1, 0.15) is 5.56 Å². The topological polar surface area (TPSA) is 84.0 Å². The van der Waals surface area contributed by atoms with Crippen LogP contribution < -0.4 is 16.4 Å². The number of rotatable bonds is 2. The van der Waals surface area contributed by atoms with Gasteiger partial charge in [0.05, 0.1) is 5.52 Å². The predicted octanol–water partition coefficient (Wildman–Crippen LogP) is 2.36. The van der Waals surface area contributed by atoms with E-state index < -0.39 is 5.91 Å². The lowest BCUT2D eigenvalue weighted by Crippen LogP contribution is -2.27. The molecule has 0 saturated carbocycles. The van der Waals surface area contributed by atoms with Gasteiger partial charge in [0, 0.05) is 29.9 Å². The highest BCUT2D eigenvalue weighted by molar-refractivity contribution is 6.04. The molecule has 26 heavy (non-hydrogen) atoms. The summed E-state index contributed by atoms with van der Waals surface area (Å²) in [5.74, 6) is -0.467. The van der Waals surface area contributed by atoms with Gasteiger partial charge < -0.3 is 14.9 Å². The number of nitrogens with zero attached hydrogens (tertiary/aromatic N) is 1. The van der Waals surface area contributed by atoms with E-state index in [0.717, 1.165) is 42.2 Å². The van der Waals surface area contributed by atoms with Crippen LogP contribution in [0, 0.1) is 0 Å². The van der Waals surface area contributed by atoms with Crippen LogP contribution in [0.25, 0.3) is 10.9 Å². The first kappa shape index (κ1) is 16.3. The fourth-order valence-electron chi connectivity index (χ4n) is 3.61. The minimum atomic E-state index is -0.467. The molecule has 2 N–H and O–H groups in total. The Morgan fingerprint density at radius 3 is 2.69 bits per heavy atom. The third-order valence-electron chi connectivity index (χ3n) is 4.96. The number of nitrogens with one attached hydrogen (secondary N) is 2. The number of aryl methyl sites for hydroxylation is 2. The average Bonchev–Trinajstić information content (AvgIpc) is 2.64. The lowest BCUT2D eigenvalue weighted by molar-refractivity contribution is 0.102. The van der Waals surface area contributed by atoms with Crippen LogP contribution in [0.1, 0.15) is 34.3 Å². The van der Waals surface area contributed by atoms with Crippen LogP contribution >= 0.6 is 0 Å². The zero-order chi connectivity index (χ0) is 18.3. The van der Waals surface area contributed by atoms with E-state index in [9.17, 15) is 14.4 Å². The second kappa shape index (κ2) is 6.29. The second-order valence-corrected chi connectivity index (χ2v) is 6.67. The van der Waals surface area contributed by atoms with E-state index in [4.69, 9.17) is 0 Å². The minimum absolute atomic E-state index is 0.0485. The summed E-state index contributed by atoms with van der Waals surface area (Å²) in [6.07, 6.45) is 5.45. The monoisotopic (exact) mass is 349 g/mol. The number of anilines is 1. The number of aromatic amines is 1. The molecule has 4 rings (SSSR count). The largest absolute Gasteiger partial charge is 0.322 e. The van der Waals surface area contributed by atoms with Crippen molar-refractivity contribution in [2.75, 3.05) is 5.32 Å². The summed E-state index contributed by atoms with van der Waals surface area (Å²) in [6.45, 7) is 0. The standard InChI is InChI=1S/C20H19N3O3/c1-23-10-4-7-16(20(23)26)19(25)21-12-8-9-14-13-5-2-3-6-15(13)18(24)22-17(14)11-12/h4,7-11H,2-3,5-6H2,1H3,(H,21,25)(H,22,24). The summed E-state index contributed by atoms with van der Waals surface area (Å²) < 4.78 is 1.36.